The van der Waals surface area contributed by atoms with Crippen LogP contribution in [0.3, 0.4) is 0 Å². The highest BCUT2D eigenvalue weighted by Crippen LogP contribution is 2.23. The summed E-state index contributed by atoms with van der Waals surface area (Å²) in [4.78, 5) is 28.7. The van der Waals surface area contributed by atoms with Gasteiger partial charge >= 0.3 is 11.9 Å². The largest absolute Gasteiger partial charge is 0.461 e. The van der Waals surface area contributed by atoms with Crippen molar-refractivity contribution in [3.63, 3.8) is 0 Å². The van der Waals surface area contributed by atoms with Crippen molar-refractivity contribution in [2.24, 2.45) is 0 Å². The summed E-state index contributed by atoms with van der Waals surface area (Å²) in [5.74, 6) is -1.11. The van der Waals surface area contributed by atoms with Crippen molar-refractivity contribution in [2.75, 3.05) is 19.5 Å². The second-order valence-electron chi connectivity index (χ2n) is 4.95. The Hall–Kier alpha value is -1.50. The number of carbonyl (C=O) groups is 2. The summed E-state index contributed by atoms with van der Waals surface area (Å²) in [6, 6.07) is 0. The van der Waals surface area contributed by atoms with Gasteiger partial charge < -0.3 is 14.0 Å². The van der Waals surface area contributed by atoms with Gasteiger partial charge in [0.1, 0.15) is 0 Å². The number of hydrogen-bond acceptors (Lipinski definition) is 6. The predicted octanol–water partition coefficient (Wildman–Crippen LogP) is 3.54. The summed E-state index contributed by atoms with van der Waals surface area (Å²) in [6.45, 7) is 6.72. The third kappa shape index (κ3) is 5.27. The molecule has 1 rings (SSSR count). The van der Waals surface area contributed by atoms with Crippen LogP contribution in [-0.2, 0) is 16.0 Å². The van der Waals surface area contributed by atoms with Crippen LogP contribution < -0.4 is 0 Å². The van der Waals surface area contributed by atoms with E-state index in [0.29, 0.717) is 11.7 Å². The number of nitrogens with zero attached hydrogens (tertiary/aromatic N) is 2. The van der Waals surface area contributed by atoms with Gasteiger partial charge in [-0.3, -0.25) is 0 Å². The molecule has 1 heterocycles. The van der Waals surface area contributed by atoms with Gasteiger partial charge in [0.05, 0.1) is 13.2 Å². The van der Waals surface area contributed by atoms with Crippen molar-refractivity contribution in [3.05, 3.63) is 11.4 Å². The summed E-state index contributed by atoms with van der Waals surface area (Å²) < 4.78 is 11.9. The molecule has 130 valence electrons. The second-order valence-corrected chi connectivity index (χ2v) is 5.72. The maximum absolute atomic E-state index is 12.3. The molecule has 7 heteroatoms. The summed E-state index contributed by atoms with van der Waals surface area (Å²) in [5, 5.41) is 0.632. The smallest absolute Gasteiger partial charge is 0.359 e. The molecule has 0 aliphatic carbocycles. The van der Waals surface area contributed by atoms with E-state index in [9.17, 15) is 9.59 Å². The fourth-order valence-corrected chi connectivity index (χ4v) is 2.83. The summed E-state index contributed by atoms with van der Waals surface area (Å²) in [6.07, 6.45) is 6.14. The molecular formula is C16H26N2O4S. The maximum Gasteiger partial charge on any atom is 0.359 e. The first-order valence-corrected chi connectivity index (χ1v) is 9.31. The third-order valence-corrected chi connectivity index (χ3v) is 3.96. The van der Waals surface area contributed by atoms with Gasteiger partial charge in [-0.05, 0) is 26.5 Å². The van der Waals surface area contributed by atoms with E-state index in [2.05, 4.69) is 11.9 Å². The van der Waals surface area contributed by atoms with Crippen LogP contribution in [0.1, 0.15) is 67.4 Å². The molecule has 6 nitrogen and oxygen atoms in total. The van der Waals surface area contributed by atoms with Gasteiger partial charge in [-0.25, -0.2) is 14.6 Å². The van der Waals surface area contributed by atoms with E-state index in [4.69, 9.17) is 9.47 Å². The molecule has 0 aliphatic rings. The van der Waals surface area contributed by atoms with Gasteiger partial charge in [-0.15, -0.1) is 0 Å². The number of esters is 2. The topological polar surface area (TPSA) is 70.4 Å². The maximum atomic E-state index is 12.3. The Morgan fingerprint density at radius 2 is 1.70 bits per heavy atom. The molecule has 0 N–H and O–H groups in total. The number of aromatic nitrogens is 2. The van der Waals surface area contributed by atoms with Crippen molar-refractivity contribution in [1.29, 1.82) is 0 Å². The monoisotopic (exact) mass is 342 g/mol. The van der Waals surface area contributed by atoms with Gasteiger partial charge in [-0.1, -0.05) is 37.9 Å². The van der Waals surface area contributed by atoms with Crippen LogP contribution in [0.2, 0.25) is 0 Å². The van der Waals surface area contributed by atoms with E-state index >= 15 is 0 Å². The molecule has 0 fully saturated rings. The average Bonchev–Trinajstić information content (AvgIpc) is 2.91. The van der Waals surface area contributed by atoms with E-state index in [1.54, 1.807) is 18.4 Å². The normalized spacial score (nSPS) is 10.6. The molecule has 0 atom stereocenters. The molecule has 0 bridgehead atoms. The lowest BCUT2D eigenvalue weighted by Crippen LogP contribution is -2.18. The molecule has 0 amide bonds. The number of thioether (sulfide) groups is 1. The molecule has 0 aromatic carbocycles. The first-order chi connectivity index (χ1) is 11.1. The van der Waals surface area contributed by atoms with E-state index in [-0.39, 0.29) is 24.6 Å². The molecule has 0 aliphatic heterocycles. The number of rotatable bonds is 10. The van der Waals surface area contributed by atoms with Crippen molar-refractivity contribution >= 4 is 23.7 Å². The standard InChI is InChI=1S/C16H26N2O4S/c1-5-8-9-10-11-18-13(15(20)22-7-3)12(14(19)21-6-2)17-16(18)23-4/h5-11H2,1-4H3. The highest BCUT2D eigenvalue weighted by Gasteiger charge is 2.28. The molecule has 0 saturated heterocycles. The molecule has 0 saturated carbocycles. The number of hydrogen-bond donors (Lipinski definition) is 0. The molecule has 0 spiro atoms. The van der Waals surface area contributed by atoms with Crippen LogP contribution in [-0.4, -0.2) is 41.0 Å². The number of ether oxygens (including phenoxy) is 2. The van der Waals surface area contributed by atoms with Crippen LogP contribution >= 0.6 is 11.8 Å². The van der Waals surface area contributed by atoms with Crippen molar-refractivity contribution in [1.82, 2.24) is 9.55 Å². The van der Waals surface area contributed by atoms with Crippen LogP contribution in [0.4, 0.5) is 0 Å². The van der Waals surface area contributed by atoms with Crippen LogP contribution in [0.5, 0.6) is 0 Å². The first kappa shape index (κ1) is 19.5. The SMILES string of the molecule is CCCCCCn1c(SC)nc(C(=O)OCC)c1C(=O)OCC. The Labute approximate surface area is 141 Å². The number of imidazole rings is 1. The minimum Gasteiger partial charge on any atom is -0.461 e. The lowest BCUT2D eigenvalue weighted by Gasteiger charge is -2.10. The summed E-state index contributed by atoms with van der Waals surface area (Å²) >= 11 is 1.40. The zero-order valence-corrected chi connectivity index (χ0v) is 15.2. The van der Waals surface area contributed by atoms with Crippen LogP contribution in [0.25, 0.3) is 0 Å². The Kier molecular flexibility index (Phi) is 8.76. The Bertz CT molecular complexity index is 528. The van der Waals surface area contributed by atoms with Gasteiger partial charge in [0, 0.05) is 6.54 Å². The van der Waals surface area contributed by atoms with E-state index < -0.39 is 11.9 Å². The summed E-state index contributed by atoms with van der Waals surface area (Å²) in [7, 11) is 0. The highest BCUT2D eigenvalue weighted by atomic mass is 32.2. The van der Waals surface area contributed by atoms with Gasteiger partial charge in [0.25, 0.3) is 0 Å². The molecule has 23 heavy (non-hydrogen) atoms. The van der Waals surface area contributed by atoms with Crippen molar-refractivity contribution in [2.45, 2.75) is 58.2 Å². The highest BCUT2D eigenvalue weighted by molar-refractivity contribution is 7.98. The molecule has 0 radical (unpaired) electrons. The molecular weight excluding hydrogens is 316 g/mol. The fraction of sp³-hybridized carbons (Fsp3) is 0.688. The predicted molar refractivity (Wildman–Crippen MR) is 90.1 cm³/mol. The number of carbonyl (C=O) groups excluding carboxylic acids is 2. The minimum absolute atomic E-state index is 0.0464. The Morgan fingerprint density at radius 3 is 2.26 bits per heavy atom. The number of unbranched alkanes of at least 4 members (excludes halogenated alkanes) is 3. The van der Waals surface area contributed by atoms with Gasteiger partial charge in [0.15, 0.2) is 16.5 Å². The van der Waals surface area contributed by atoms with E-state index in [1.165, 1.54) is 11.8 Å². The molecule has 0 unspecified atom stereocenters. The molecule has 1 aromatic rings. The van der Waals surface area contributed by atoms with Gasteiger partial charge in [-0.2, -0.15) is 0 Å². The fourth-order valence-electron chi connectivity index (χ4n) is 2.24. The zero-order chi connectivity index (χ0) is 17.2. The van der Waals surface area contributed by atoms with E-state index in [1.807, 2.05) is 6.26 Å². The third-order valence-electron chi connectivity index (χ3n) is 3.29. The zero-order valence-electron chi connectivity index (χ0n) is 14.4. The van der Waals surface area contributed by atoms with Gasteiger partial charge in [0.2, 0.25) is 0 Å². The summed E-state index contributed by atoms with van der Waals surface area (Å²) in [5.41, 5.74) is 0.247. The lowest BCUT2D eigenvalue weighted by molar-refractivity contribution is 0.0466. The van der Waals surface area contributed by atoms with E-state index in [0.717, 1.165) is 25.7 Å². The minimum atomic E-state index is -0.585. The Balaban J connectivity index is 3.16. The lowest BCUT2D eigenvalue weighted by atomic mass is 10.2. The molecule has 1 aromatic heterocycles. The van der Waals surface area contributed by atoms with Crippen molar-refractivity contribution < 1.29 is 19.1 Å². The average molecular weight is 342 g/mol. The van der Waals surface area contributed by atoms with Crippen molar-refractivity contribution in [3.8, 4) is 0 Å². The quantitative estimate of drug-likeness (QED) is 0.368. The first-order valence-electron chi connectivity index (χ1n) is 8.09. The van der Waals surface area contributed by atoms with Crippen LogP contribution in [0.15, 0.2) is 5.16 Å². The second kappa shape index (κ2) is 10.3. The van der Waals surface area contributed by atoms with Crippen LogP contribution in [0, 0.1) is 0 Å². The Morgan fingerprint density at radius 1 is 1.04 bits per heavy atom.